The number of aliphatic hydroxyl groups excluding tert-OH is 1. The van der Waals surface area contributed by atoms with Gasteiger partial charge in [-0.1, -0.05) is 29.8 Å². The molecule has 1 unspecified atom stereocenters. The molecule has 0 radical (unpaired) electrons. The van der Waals surface area contributed by atoms with Crippen LogP contribution in [0.5, 0.6) is 0 Å². The molecule has 6 heteroatoms. The maximum Gasteiger partial charge on any atom is 0.300 e. The van der Waals surface area contributed by atoms with Crippen molar-refractivity contribution in [3.63, 3.8) is 0 Å². The molecule has 0 saturated carbocycles. The van der Waals surface area contributed by atoms with Crippen molar-refractivity contribution in [3.8, 4) is 0 Å². The number of piperidine rings is 1. The molecule has 0 bridgehead atoms. The molecule has 34 heavy (non-hydrogen) atoms. The topological polar surface area (TPSA) is 74.0 Å². The van der Waals surface area contributed by atoms with Crippen LogP contribution in [0.25, 0.3) is 5.76 Å². The number of hydrogen-bond acceptors (Lipinski definition) is 5. The SMILES string of the molecule is Cc1ccc(/C(O)=C2/C(=O)C(=O)N(c3ccc(N4CCCCC4)cc3)C2c2ccc(C)o2)cc1. The molecule has 0 spiro atoms. The third kappa shape index (κ3) is 3.89. The first-order chi connectivity index (χ1) is 16.4. The summed E-state index contributed by atoms with van der Waals surface area (Å²) in [5, 5.41) is 11.1. The molecule has 5 rings (SSSR count). The maximum absolute atomic E-state index is 13.3. The molecule has 2 aliphatic heterocycles. The molecule has 1 N–H and O–H groups in total. The minimum Gasteiger partial charge on any atom is -0.507 e. The second kappa shape index (κ2) is 8.86. The monoisotopic (exact) mass is 456 g/mol. The highest BCUT2D eigenvalue weighted by molar-refractivity contribution is 6.51. The van der Waals surface area contributed by atoms with Gasteiger partial charge in [0, 0.05) is 30.0 Å². The van der Waals surface area contributed by atoms with Crippen LogP contribution in [0.2, 0.25) is 0 Å². The summed E-state index contributed by atoms with van der Waals surface area (Å²) < 4.78 is 5.87. The zero-order valence-electron chi connectivity index (χ0n) is 19.5. The summed E-state index contributed by atoms with van der Waals surface area (Å²) in [4.78, 5) is 30.2. The number of aliphatic hydroxyl groups is 1. The molecule has 2 aliphatic rings. The third-order valence-corrected chi connectivity index (χ3v) is 6.65. The molecule has 6 nitrogen and oxygen atoms in total. The summed E-state index contributed by atoms with van der Waals surface area (Å²) >= 11 is 0. The van der Waals surface area contributed by atoms with E-state index in [0.717, 1.165) is 24.3 Å². The van der Waals surface area contributed by atoms with Crippen LogP contribution < -0.4 is 9.80 Å². The minimum atomic E-state index is -0.851. The Morgan fingerprint density at radius 2 is 1.50 bits per heavy atom. The largest absolute Gasteiger partial charge is 0.507 e. The Morgan fingerprint density at radius 1 is 0.853 bits per heavy atom. The van der Waals surface area contributed by atoms with Crippen LogP contribution in [-0.4, -0.2) is 29.9 Å². The number of aryl methyl sites for hydroxylation is 2. The lowest BCUT2D eigenvalue weighted by atomic mass is 9.98. The molecule has 1 atom stereocenters. The first kappa shape index (κ1) is 22.0. The summed E-state index contributed by atoms with van der Waals surface area (Å²) in [6.45, 7) is 5.79. The molecule has 3 aromatic rings. The molecule has 2 aromatic carbocycles. The van der Waals surface area contributed by atoms with Gasteiger partial charge in [0.2, 0.25) is 0 Å². The van der Waals surface area contributed by atoms with Gasteiger partial charge >= 0.3 is 0 Å². The summed E-state index contributed by atoms with van der Waals surface area (Å²) in [7, 11) is 0. The Hall–Kier alpha value is -3.80. The highest BCUT2D eigenvalue weighted by Crippen LogP contribution is 2.43. The van der Waals surface area contributed by atoms with E-state index in [4.69, 9.17) is 4.42 Å². The van der Waals surface area contributed by atoms with Crippen LogP contribution >= 0.6 is 0 Å². The number of hydrogen-bond donors (Lipinski definition) is 1. The molecule has 2 fully saturated rings. The molecule has 174 valence electrons. The van der Waals surface area contributed by atoms with Crippen LogP contribution in [0.4, 0.5) is 11.4 Å². The summed E-state index contributed by atoms with van der Waals surface area (Å²) in [6.07, 6.45) is 3.60. The lowest BCUT2D eigenvalue weighted by molar-refractivity contribution is -0.132. The first-order valence-corrected chi connectivity index (χ1v) is 11.7. The molecule has 0 aliphatic carbocycles. The van der Waals surface area contributed by atoms with Gasteiger partial charge in [-0.25, -0.2) is 0 Å². The number of carbonyl (C=O) groups is 2. The second-order valence-electron chi connectivity index (χ2n) is 9.05. The van der Waals surface area contributed by atoms with E-state index in [9.17, 15) is 14.7 Å². The molecule has 3 heterocycles. The van der Waals surface area contributed by atoms with E-state index >= 15 is 0 Å². The number of rotatable bonds is 4. The van der Waals surface area contributed by atoms with Gasteiger partial charge in [0.25, 0.3) is 11.7 Å². The van der Waals surface area contributed by atoms with Gasteiger partial charge in [0.05, 0.1) is 5.57 Å². The van der Waals surface area contributed by atoms with Crippen LogP contribution in [0.1, 0.15) is 48.0 Å². The normalized spacial score (nSPS) is 20.2. The van der Waals surface area contributed by atoms with E-state index in [1.807, 2.05) is 50.2 Å². The zero-order valence-corrected chi connectivity index (χ0v) is 19.5. The Morgan fingerprint density at radius 3 is 2.12 bits per heavy atom. The fraction of sp³-hybridized carbons (Fsp3) is 0.286. The second-order valence-corrected chi connectivity index (χ2v) is 9.05. The van der Waals surface area contributed by atoms with Crippen LogP contribution in [-0.2, 0) is 9.59 Å². The van der Waals surface area contributed by atoms with Gasteiger partial charge in [-0.05, 0) is 69.5 Å². The van der Waals surface area contributed by atoms with E-state index in [-0.39, 0.29) is 11.3 Å². The predicted octanol–water partition coefficient (Wildman–Crippen LogP) is 5.51. The Kier molecular flexibility index (Phi) is 5.74. The molecular weight excluding hydrogens is 428 g/mol. The highest BCUT2D eigenvalue weighted by atomic mass is 16.3. The van der Waals surface area contributed by atoms with E-state index in [2.05, 4.69) is 4.90 Å². The number of anilines is 2. The summed E-state index contributed by atoms with van der Waals surface area (Å²) in [6, 6.07) is 17.6. The Labute approximate surface area is 199 Å². The smallest absolute Gasteiger partial charge is 0.300 e. The van der Waals surface area contributed by atoms with Crippen molar-refractivity contribution in [2.75, 3.05) is 22.9 Å². The number of ketones is 1. The number of furan rings is 1. The van der Waals surface area contributed by atoms with Crippen molar-refractivity contribution in [3.05, 3.63) is 88.9 Å². The van der Waals surface area contributed by atoms with Crippen molar-refractivity contribution >= 4 is 28.8 Å². The number of carbonyl (C=O) groups excluding carboxylic acids is 2. The summed E-state index contributed by atoms with van der Waals surface area (Å²) in [5.74, 6) is -0.512. The quantitative estimate of drug-likeness (QED) is 0.318. The first-order valence-electron chi connectivity index (χ1n) is 11.7. The van der Waals surface area contributed by atoms with Gasteiger partial charge < -0.3 is 14.4 Å². The van der Waals surface area contributed by atoms with Crippen molar-refractivity contribution in [1.29, 1.82) is 0 Å². The molecule has 1 amide bonds. The van der Waals surface area contributed by atoms with E-state index < -0.39 is 17.7 Å². The fourth-order valence-electron chi connectivity index (χ4n) is 4.81. The van der Waals surface area contributed by atoms with Crippen molar-refractivity contribution in [2.24, 2.45) is 0 Å². The number of Topliss-reactive ketones (excluding diaryl/α,β-unsaturated/α-hetero) is 1. The number of amides is 1. The average Bonchev–Trinajstić information content (AvgIpc) is 3.40. The van der Waals surface area contributed by atoms with E-state index in [1.165, 1.54) is 24.2 Å². The van der Waals surface area contributed by atoms with Crippen molar-refractivity contribution < 1.29 is 19.1 Å². The van der Waals surface area contributed by atoms with E-state index in [0.29, 0.717) is 22.8 Å². The van der Waals surface area contributed by atoms with Crippen LogP contribution in [0.3, 0.4) is 0 Å². The van der Waals surface area contributed by atoms with Gasteiger partial charge in [-0.3, -0.25) is 14.5 Å². The Bertz CT molecular complexity index is 1250. The fourth-order valence-corrected chi connectivity index (χ4v) is 4.81. The lowest BCUT2D eigenvalue weighted by Gasteiger charge is -2.29. The van der Waals surface area contributed by atoms with Gasteiger partial charge in [-0.15, -0.1) is 0 Å². The Balaban J connectivity index is 1.58. The summed E-state index contributed by atoms with van der Waals surface area (Å²) in [5.41, 5.74) is 3.24. The molecule has 2 saturated heterocycles. The van der Waals surface area contributed by atoms with Gasteiger partial charge in [-0.2, -0.15) is 0 Å². The zero-order chi connectivity index (χ0) is 23.8. The number of nitrogens with zero attached hydrogens (tertiary/aromatic N) is 2. The van der Waals surface area contributed by atoms with Gasteiger partial charge in [0.15, 0.2) is 0 Å². The number of benzene rings is 2. The minimum absolute atomic E-state index is 0.0308. The van der Waals surface area contributed by atoms with Crippen LogP contribution in [0, 0.1) is 13.8 Å². The molecular formula is C28H28N2O4. The van der Waals surface area contributed by atoms with Crippen molar-refractivity contribution in [1.82, 2.24) is 0 Å². The predicted molar refractivity (Wildman–Crippen MR) is 132 cm³/mol. The standard InChI is InChI=1S/C28H28N2O4/c1-18-6-9-20(10-7-18)26(31)24-25(23-15-8-19(2)34-23)30(28(33)27(24)32)22-13-11-21(12-14-22)29-16-4-3-5-17-29/h6-15,25,31H,3-5,16-17H2,1-2H3/b26-24-. The lowest BCUT2D eigenvalue weighted by Crippen LogP contribution is -2.30. The third-order valence-electron chi connectivity index (χ3n) is 6.65. The average molecular weight is 457 g/mol. The van der Waals surface area contributed by atoms with Crippen LogP contribution in [0.15, 0.2) is 70.7 Å². The van der Waals surface area contributed by atoms with Crippen molar-refractivity contribution in [2.45, 2.75) is 39.2 Å². The molecule has 1 aromatic heterocycles. The maximum atomic E-state index is 13.3. The van der Waals surface area contributed by atoms with E-state index in [1.54, 1.807) is 24.3 Å². The van der Waals surface area contributed by atoms with Gasteiger partial charge in [0.1, 0.15) is 23.3 Å². The highest BCUT2D eigenvalue weighted by Gasteiger charge is 2.48.